The zero-order valence-corrected chi connectivity index (χ0v) is 16.8. The highest BCUT2D eigenvalue weighted by molar-refractivity contribution is 7.99. The Morgan fingerprint density at radius 2 is 1.93 bits per heavy atom. The summed E-state index contributed by atoms with van der Waals surface area (Å²) >= 11 is 7.24. The maximum Gasteiger partial charge on any atom is 0.253 e. The molecule has 7 heteroatoms. The molecule has 1 unspecified atom stereocenters. The van der Waals surface area contributed by atoms with Crippen LogP contribution in [0.4, 0.5) is 10.1 Å². The zero-order chi connectivity index (χ0) is 19.8. The zero-order valence-electron chi connectivity index (χ0n) is 15.2. The number of anilines is 1. The lowest BCUT2D eigenvalue weighted by Gasteiger charge is -2.14. The molecule has 0 aromatic heterocycles. The van der Waals surface area contributed by atoms with Gasteiger partial charge in [-0.15, -0.1) is 11.8 Å². The molecule has 0 aliphatic heterocycles. The smallest absolute Gasteiger partial charge is 0.253 e. The van der Waals surface area contributed by atoms with Crippen LogP contribution < -0.4 is 10.6 Å². The Labute approximate surface area is 167 Å². The van der Waals surface area contributed by atoms with Crippen molar-refractivity contribution in [3.05, 3.63) is 64.4 Å². The maximum absolute atomic E-state index is 13.8. The lowest BCUT2D eigenvalue weighted by Crippen LogP contribution is -2.32. The van der Waals surface area contributed by atoms with E-state index in [9.17, 15) is 14.0 Å². The van der Waals surface area contributed by atoms with Crippen LogP contribution in [0.25, 0.3) is 0 Å². The van der Waals surface area contributed by atoms with Crippen LogP contribution in [0.2, 0.25) is 5.02 Å². The number of halogens is 2. The van der Waals surface area contributed by atoms with E-state index in [0.29, 0.717) is 21.8 Å². The van der Waals surface area contributed by atoms with Crippen molar-refractivity contribution in [2.24, 2.45) is 0 Å². The lowest BCUT2D eigenvalue weighted by atomic mass is 10.1. The van der Waals surface area contributed by atoms with Crippen molar-refractivity contribution < 1.29 is 14.0 Å². The van der Waals surface area contributed by atoms with E-state index >= 15 is 0 Å². The minimum absolute atomic E-state index is 0.0438. The van der Waals surface area contributed by atoms with Gasteiger partial charge in [-0.1, -0.05) is 36.7 Å². The minimum atomic E-state index is -0.387. The van der Waals surface area contributed by atoms with E-state index in [2.05, 4.69) is 10.6 Å². The summed E-state index contributed by atoms with van der Waals surface area (Å²) in [5.74, 6) is -0.481. The maximum atomic E-state index is 13.8. The molecule has 0 radical (unpaired) electrons. The van der Waals surface area contributed by atoms with Gasteiger partial charge in [-0.2, -0.15) is 0 Å². The van der Waals surface area contributed by atoms with Crippen molar-refractivity contribution >= 4 is 40.9 Å². The number of carbonyl (C=O) groups is 2. The van der Waals surface area contributed by atoms with Crippen molar-refractivity contribution in [3.63, 3.8) is 0 Å². The van der Waals surface area contributed by atoms with Crippen LogP contribution in [0.3, 0.4) is 0 Å². The summed E-state index contributed by atoms with van der Waals surface area (Å²) in [4.78, 5) is 24.6. The molecule has 0 saturated carbocycles. The van der Waals surface area contributed by atoms with Gasteiger partial charge < -0.3 is 10.6 Å². The molecule has 0 saturated heterocycles. The monoisotopic (exact) mass is 408 g/mol. The highest BCUT2D eigenvalue weighted by Crippen LogP contribution is 2.24. The van der Waals surface area contributed by atoms with Crippen LogP contribution in [0.5, 0.6) is 0 Å². The van der Waals surface area contributed by atoms with Gasteiger partial charge in [0.1, 0.15) is 5.82 Å². The number of amides is 2. The first-order chi connectivity index (χ1) is 12.9. The first-order valence-corrected chi connectivity index (χ1v) is 10.2. The average Bonchev–Trinajstić information content (AvgIpc) is 2.64. The van der Waals surface area contributed by atoms with Gasteiger partial charge in [0.2, 0.25) is 5.91 Å². The average molecular weight is 409 g/mol. The summed E-state index contributed by atoms with van der Waals surface area (Å²) in [5, 5.41) is 5.98. The van der Waals surface area contributed by atoms with E-state index in [-0.39, 0.29) is 35.2 Å². The molecule has 2 aromatic rings. The highest BCUT2D eigenvalue weighted by atomic mass is 35.5. The molecule has 0 spiro atoms. The first kappa shape index (κ1) is 21.3. The molecule has 144 valence electrons. The summed E-state index contributed by atoms with van der Waals surface area (Å²) in [5.41, 5.74) is 1.24. The summed E-state index contributed by atoms with van der Waals surface area (Å²) < 4.78 is 13.8. The van der Waals surface area contributed by atoms with Gasteiger partial charge in [0.25, 0.3) is 5.91 Å². The third-order valence-electron chi connectivity index (χ3n) is 3.98. The van der Waals surface area contributed by atoms with Crippen molar-refractivity contribution in [2.75, 3.05) is 11.1 Å². The Balaban J connectivity index is 1.95. The van der Waals surface area contributed by atoms with Gasteiger partial charge in [-0.05, 0) is 37.6 Å². The minimum Gasteiger partial charge on any atom is -0.350 e. The van der Waals surface area contributed by atoms with E-state index < -0.39 is 0 Å². The van der Waals surface area contributed by atoms with Crippen molar-refractivity contribution in [2.45, 2.75) is 32.1 Å². The fourth-order valence-electron chi connectivity index (χ4n) is 2.30. The van der Waals surface area contributed by atoms with Crippen molar-refractivity contribution in [1.82, 2.24) is 5.32 Å². The molecule has 0 fully saturated rings. The van der Waals surface area contributed by atoms with Crippen LogP contribution in [0.15, 0.2) is 42.5 Å². The Hall–Kier alpha value is -2.05. The van der Waals surface area contributed by atoms with Gasteiger partial charge in [0.05, 0.1) is 17.0 Å². The van der Waals surface area contributed by atoms with Crippen molar-refractivity contribution in [1.29, 1.82) is 0 Å². The molecule has 2 N–H and O–H groups in total. The van der Waals surface area contributed by atoms with E-state index in [0.717, 1.165) is 6.42 Å². The Kier molecular flexibility index (Phi) is 8.13. The summed E-state index contributed by atoms with van der Waals surface area (Å²) in [6.45, 7) is 3.90. The summed E-state index contributed by atoms with van der Waals surface area (Å²) in [6.07, 6.45) is 0.815. The highest BCUT2D eigenvalue weighted by Gasteiger charge is 2.15. The van der Waals surface area contributed by atoms with Gasteiger partial charge in [-0.3, -0.25) is 9.59 Å². The van der Waals surface area contributed by atoms with Gasteiger partial charge in [0.15, 0.2) is 0 Å². The standard InChI is InChI=1S/C20H22ClFN2O2S/c1-3-13(2)23-20(26)14-7-4-5-10-18(14)24-19(25)12-27-11-15-16(21)8-6-9-17(15)22/h4-10,13H,3,11-12H2,1-2H3,(H,23,26)(H,24,25). The molecule has 2 amide bonds. The number of carbonyl (C=O) groups excluding carboxylic acids is 2. The largest absolute Gasteiger partial charge is 0.350 e. The second-order valence-electron chi connectivity index (χ2n) is 6.07. The number of hydrogen-bond donors (Lipinski definition) is 2. The molecule has 2 aromatic carbocycles. The third kappa shape index (κ3) is 6.26. The summed E-state index contributed by atoms with van der Waals surface area (Å²) in [7, 11) is 0. The molecular weight excluding hydrogens is 387 g/mol. The van der Waals surface area contributed by atoms with Crippen LogP contribution >= 0.6 is 23.4 Å². The van der Waals surface area contributed by atoms with Crippen LogP contribution in [0, 0.1) is 5.82 Å². The van der Waals surface area contributed by atoms with Gasteiger partial charge in [0, 0.05) is 22.4 Å². The lowest BCUT2D eigenvalue weighted by molar-refractivity contribution is -0.113. The van der Waals surface area contributed by atoms with E-state index in [1.807, 2.05) is 13.8 Å². The number of thioether (sulfide) groups is 1. The number of nitrogens with one attached hydrogen (secondary N) is 2. The molecule has 0 bridgehead atoms. The van der Waals surface area contributed by atoms with E-state index in [1.54, 1.807) is 36.4 Å². The predicted octanol–water partition coefficient (Wildman–Crippen LogP) is 4.88. The number of para-hydroxylation sites is 1. The second-order valence-corrected chi connectivity index (χ2v) is 7.46. The topological polar surface area (TPSA) is 58.2 Å². The molecule has 0 heterocycles. The van der Waals surface area contributed by atoms with Crippen LogP contribution in [0.1, 0.15) is 36.2 Å². The second kappa shape index (κ2) is 10.3. The normalized spacial score (nSPS) is 11.7. The SMILES string of the molecule is CCC(C)NC(=O)c1ccccc1NC(=O)CSCc1c(F)cccc1Cl. The molecule has 1 atom stereocenters. The Bertz CT molecular complexity index is 796. The van der Waals surface area contributed by atoms with Crippen LogP contribution in [-0.4, -0.2) is 23.6 Å². The molecule has 27 heavy (non-hydrogen) atoms. The van der Waals surface area contributed by atoms with Gasteiger partial charge in [-0.25, -0.2) is 4.39 Å². The number of hydrogen-bond acceptors (Lipinski definition) is 3. The van der Waals surface area contributed by atoms with E-state index in [4.69, 9.17) is 11.6 Å². The molecule has 4 nitrogen and oxygen atoms in total. The quantitative estimate of drug-likeness (QED) is 0.654. The Morgan fingerprint density at radius 3 is 2.63 bits per heavy atom. The number of rotatable bonds is 8. The molecule has 2 rings (SSSR count). The van der Waals surface area contributed by atoms with Crippen LogP contribution in [-0.2, 0) is 10.5 Å². The fraction of sp³-hybridized carbons (Fsp3) is 0.300. The van der Waals surface area contributed by atoms with Gasteiger partial charge >= 0.3 is 0 Å². The molecule has 0 aliphatic rings. The number of benzene rings is 2. The predicted molar refractivity (Wildman–Crippen MR) is 110 cm³/mol. The Morgan fingerprint density at radius 1 is 1.19 bits per heavy atom. The first-order valence-electron chi connectivity index (χ1n) is 8.62. The van der Waals surface area contributed by atoms with Crippen molar-refractivity contribution in [3.8, 4) is 0 Å². The molecule has 0 aliphatic carbocycles. The third-order valence-corrected chi connectivity index (χ3v) is 5.29. The van der Waals surface area contributed by atoms with E-state index in [1.165, 1.54) is 17.8 Å². The molecular formula is C20H22ClFN2O2S. The summed E-state index contributed by atoms with van der Waals surface area (Å²) in [6, 6.07) is 11.4. The fourth-order valence-corrected chi connectivity index (χ4v) is 3.46.